The van der Waals surface area contributed by atoms with E-state index in [0.717, 1.165) is 0 Å². The Labute approximate surface area is 117 Å². The lowest BCUT2D eigenvalue weighted by Crippen LogP contribution is -2.47. The highest BCUT2D eigenvalue weighted by molar-refractivity contribution is 7.87. The molecule has 0 bridgehead atoms. The number of rotatable bonds is 6. The van der Waals surface area contributed by atoms with Crippen molar-refractivity contribution in [3.05, 3.63) is 18.7 Å². The number of imidazole rings is 1. The van der Waals surface area contributed by atoms with E-state index in [-0.39, 0.29) is 13.1 Å². The maximum Gasteiger partial charge on any atom is 0.307 e. The molecule has 0 spiro atoms. The molecule has 1 atom stereocenters. The second-order valence-electron chi connectivity index (χ2n) is 4.74. The Hall–Kier alpha value is -1.45. The molecule has 2 rings (SSSR count). The third kappa shape index (κ3) is 3.78. The molecular formula is C11H18N4O4S. The SMILES string of the molecule is O=C(O)C1CCCN(S(=O)(=O)NCCn2ccnc2)C1. The summed E-state index contributed by atoms with van der Waals surface area (Å²) in [7, 11) is -3.62. The summed E-state index contributed by atoms with van der Waals surface area (Å²) < 4.78 is 29.6. The fourth-order valence-corrected chi connectivity index (χ4v) is 3.45. The van der Waals surface area contributed by atoms with Crippen LogP contribution in [0.2, 0.25) is 0 Å². The lowest BCUT2D eigenvalue weighted by molar-refractivity contribution is -0.142. The van der Waals surface area contributed by atoms with Gasteiger partial charge < -0.3 is 9.67 Å². The van der Waals surface area contributed by atoms with E-state index in [9.17, 15) is 13.2 Å². The minimum atomic E-state index is -3.62. The number of carbonyl (C=O) groups is 1. The van der Waals surface area contributed by atoms with E-state index in [1.807, 2.05) is 0 Å². The van der Waals surface area contributed by atoms with Crippen LogP contribution in [0.15, 0.2) is 18.7 Å². The van der Waals surface area contributed by atoms with E-state index >= 15 is 0 Å². The van der Waals surface area contributed by atoms with E-state index in [0.29, 0.717) is 25.9 Å². The fraction of sp³-hybridized carbons (Fsp3) is 0.636. The van der Waals surface area contributed by atoms with E-state index in [2.05, 4.69) is 9.71 Å². The molecule has 1 aromatic heterocycles. The molecule has 1 fully saturated rings. The average molecular weight is 302 g/mol. The number of nitrogens with zero attached hydrogens (tertiary/aromatic N) is 3. The van der Waals surface area contributed by atoms with Gasteiger partial charge in [0.15, 0.2) is 0 Å². The standard InChI is InChI=1S/C11H18N4O4S/c16-11(17)10-2-1-5-15(8-10)20(18,19)13-4-7-14-6-3-12-9-14/h3,6,9-10,13H,1-2,4-5,7-8H2,(H,16,17). The molecule has 0 radical (unpaired) electrons. The van der Waals surface area contributed by atoms with E-state index in [4.69, 9.17) is 5.11 Å². The van der Waals surface area contributed by atoms with Crippen molar-refractivity contribution in [3.63, 3.8) is 0 Å². The Morgan fingerprint density at radius 3 is 2.95 bits per heavy atom. The number of carboxylic acids is 1. The van der Waals surface area contributed by atoms with Gasteiger partial charge in [0.1, 0.15) is 0 Å². The Bertz CT molecular complexity index is 543. The van der Waals surface area contributed by atoms with Crippen LogP contribution in [-0.4, -0.2) is 53.0 Å². The maximum atomic E-state index is 12.1. The molecule has 2 N–H and O–H groups in total. The quantitative estimate of drug-likeness (QED) is 0.738. The Kier molecular flexibility index (Phi) is 4.73. The highest BCUT2D eigenvalue weighted by Gasteiger charge is 2.31. The molecule has 1 aliphatic heterocycles. The summed E-state index contributed by atoms with van der Waals surface area (Å²) >= 11 is 0. The van der Waals surface area contributed by atoms with Crippen molar-refractivity contribution in [2.45, 2.75) is 19.4 Å². The third-order valence-corrected chi connectivity index (χ3v) is 4.87. The molecule has 112 valence electrons. The molecule has 0 saturated carbocycles. The number of hydrogen-bond acceptors (Lipinski definition) is 4. The van der Waals surface area contributed by atoms with Crippen LogP contribution < -0.4 is 4.72 Å². The number of nitrogens with one attached hydrogen (secondary N) is 1. The van der Waals surface area contributed by atoms with Crippen LogP contribution in [0.1, 0.15) is 12.8 Å². The molecule has 0 aromatic carbocycles. The zero-order chi connectivity index (χ0) is 14.6. The van der Waals surface area contributed by atoms with Crippen molar-refractivity contribution in [2.24, 2.45) is 5.92 Å². The van der Waals surface area contributed by atoms with Gasteiger partial charge in [0, 0.05) is 38.6 Å². The highest BCUT2D eigenvalue weighted by Crippen LogP contribution is 2.18. The van der Waals surface area contributed by atoms with Crippen LogP contribution in [0.5, 0.6) is 0 Å². The van der Waals surface area contributed by atoms with Crippen molar-refractivity contribution in [1.29, 1.82) is 0 Å². The van der Waals surface area contributed by atoms with Crippen LogP contribution in [0.25, 0.3) is 0 Å². The summed E-state index contributed by atoms with van der Waals surface area (Å²) in [6, 6.07) is 0. The summed E-state index contributed by atoms with van der Waals surface area (Å²) in [6.45, 7) is 1.13. The Balaban J connectivity index is 1.87. The zero-order valence-electron chi connectivity index (χ0n) is 11.0. The first-order valence-corrected chi connectivity index (χ1v) is 7.86. The van der Waals surface area contributed by atoms with E-state index in [1.54, 1.807) is 23.3 Å². The molecule has 20 heavy (non-hydrogen) atoms. The molecule has 1 aliphatic rings. The van der Waals surface area contributed by atoms with Gasteiger partial charge >= 0.3 is 5.97 Å². The second-order valence-corrected chi connectivity index (χ2v) is 6.49. The first-order valence-electron chi connectivity index (χ1n) is 6.42. The largest absolute Gasteiger partial charge is 0.481 e. The van der Waals surface area contributed by atoms with Gasteiger partial charge in [-0.3, -0.25) is 4.79 Å². The van der Waals surface area contributed by atoms with Gasteiger partial charge in [-0.15, -0.1) is 0 Å². The van der Waals surface area contributed by atoms with Crippen molar-refractivity contribution in [3.8, 4) is 0 Å². The van der Waals surface area contributed by atoms with Crippen LogP contribution in [-0.2, 0) is 21.5 Å². The predicted octanol–water partition coefficient (Wildman–Crippen LogP) is -0.486. The van der Waals surface area contributed by atoms with Crippen molar-refractivity contribution < 1.29 is 18.3 Å². The average Bonchev–Trinajstić information content (AvgIpc) is 2.92. The van der Waals surface area contributed by atoms with Gasteiger partial charge in [0.25, 0.3) is 10.2 Å². The summed E-state index contributed by atoms with van der Waals surface area (Å²) in [6.07, 6.45) is 6.07. The van der Waals surface area contributed by atoms with Gasteiger partial charge in [-0.05, 0) is 12.8 Å². The number of hydrogen-bond donors (Lipinski definition) is 2. The molecule has 1 saturated heterocycles. The van der Waals surface area contributed by atoms with Crippen LogP contribution in [0.3, 0.4) is 0 Å². The monoisotopic (exact) mass is 302 g/mol. The molecule has 1 unspecified atom stereocenters. The van der Waals surface area contributed by atoms with Gasteiger partial charge in [0.05, 0.1) is 12.2 Å². The van der Waals surface area contributed by atoms with Crippen molar-refractivity contribution in [1.82, 2.24) is 18.6 Å². The van der Waals surface area contributed by atoms with E-state index < -0.39 is 22.1 Å². The molecular weight excluding hydrogens is 284 g/mol. The lowest BCUT2D eigenvalue weighted by atomic mass is 10.0. The molecule has 0 amide bonds. The highest BCUT2D eigenvalue weighted by atomic mass is 32.2. The normalized spacial score (nSPS) is 20.9. The molecule has 2 heterocycles. The van der Waals surface area contributed by atoms with Crippen LogP contribution in [0, 0.1) is 5.92 Å². The topological polar surface area (TPSA) is 105 Å². The van der Waals surface area contributed by atoms with Gasteiger partial charge in [-0.2, -0.15) is 12.7 Å². The molecule has 1 aromatic rings. The summed E-state index contributed by atoms with van der Waals surface area (Å²) in [5, 5.41) is 8.97. The number of aromatic nitrogens is 2. The van der Waals surface area contributed by atoms with Gasteiger partial charge in [-0.1, -0.05) is 0 Å². The minimum Gasteiger partial charge on any atom is -0.481 e. The second kappa shape index (κ2) is 6.33. The molecule has 8 nitrogen and oxygen atoms in total. The van der Waals surface area contributed by atoms with Crippen molar-refractivity contribution in [2.75, 3.05) is 19.6 Å². The molecule has 0 aliphatic carbocycles. The zero-order valence-corrected chi connectivity index (χ0v) is 11.8. The number of aliphatic carboxylic acids is 1. The van der Waals surface area contributed by atoms with Gasteiger partial charge in [-0.25, -0.2) is 9.71 Å². The smallest absolute Gasteiger partial charge is 0.307 e. The first kappa shape index (κ1) is 14.9. The maximum absolute atomic E-state index is 12.1. The van der Waals surface area contributed by atoms with Crippen molar-refractivity contribution >= 4 is 16.2 Å². The Morgan fingerprint density at radius 1 is 1.50 bits per heavy atom. The van der Waals surface area contributed by atoms with Crippen LogP contribution >= 0.6 is 0 Å². The Morgan fingerprint density at radius 2 is 2.30 bits per heavy atom. The summed E-state index contributed by atoms with van der Waals surface area (Å²) in [5.74, 6) is -1.56. The van der Waals surface area contributed by atoms with E-state index in [1.165, 1.54) is 4.31 Å². The summed E-state index contributed by atoms with van der Waals surface area (Å²) in [4.78, 5) is 14.8. The number of piperidine rings is 1. The minimum absolute atomic E-state index is 0.0374. The van der Waals surface area contributed by atoms with Gasteiger partial charge in [0.2, 0.25) is 0 Å². The predicted molar refractivity (Wildman–Crippen MR) is 71.1 cm³/mol. The lowest BCUT2D eigenvalue weighted by Gasteiger charge is -2.29. The third-order valence-electron chi connectivity index (χ3n) is 3.29. The van der Waals surface area contributed by atoms with Crippen LogP contribution in [0.4, 0.5) is 0 Å². The number of carboxylic acid groups (broad SMARTS) is 1. The molecule has 9 heteroatoms. The first-order chi connectivity index (χ1) is 9.49. The summed E-state index contributed by atoms with van der Waals surface area (Å²) in [5.41, 5.74) is 0. The fourth-order valence-electron chi connectivity index (χ4n) is 2.18.